The molecule has 148 valence electrons. The van der Waals surface area contributed by atoms with Gasteiger partial charge in [0.1, 0.15) is 18.2 Å². The number of hydrogen-bond acceptors (Lipinski definition) is 4. The lowest BCUT2D eigenvalue weighted by molar-refractivity contribution is -0.120. The van der Waals surface area contributed by atoms with E-state index in [0.717, 1.165) is 5.56 Å². The monoisotopic (exact) mass is 393 g/mol. The summed E-state index contributed by atoms with van der Waals surface area (Å²) in [5.41, 5.74) is 7.90. The van der Waals surface area contributed by atoms with Gasteiger partial charge in [0.2, 0.25) is 0 Å². The minimum Gasteiger partial charge on any atom is -0.489 e. The molecule has 0 aromatic heterocycles. The second kappa shape index (κ2) is 9.89. The van der Waals surface area contributed by atoms with E-state index in [1.807, 2.05) is 30.3 Å². The van der Waals surface area contributed by atoms with Crippen molar-refractivity contribution in [2.24, 2.45) is 10.9 Å². The van der Waals surface area contributed by atoms with E-state index >= 15 is 0 Å². The summed E-state index contributed by atoms with van der Waals surface area (Å²) in [6, 6.07) is 22.3. The maximum Gasteiger partial charge on any atom is 0.265 e. The third kappa shape index (κ3) is 6.35. The lowest BCUT2D eigenvalue weighted by Crippen LogP contribution is -2.19. The van der Waals surface area contributed by atoms with Crippen LogP contribution >= 0.6 is 0 Å². The van der Waals surface area contributed by atoms with E-state index in [1.54, 1.807) is 24.3 Å². The molecule has 0 atom stereocenters. The fourth-order valence-corrected chi connectivity index (χ4v) is 2.41. The van der Waals surface area contributed by atoms with E-state index < -0.39 is 5.91 Å². The van der Waals surface area contributed by atoms with Crippen LogP contribution in [-0.2, 0) is 16.2 Å². The first-order valence-corrected chi connectivity index (χ1v) is 8.88. The number of benzene rings is 3. The standard InChI is InChI=1S/C22H20FN3O3/c23-18-8-6-17(7-9-18)22(24)26-29-15-21(27)25-19-10-12-20(13-11-19)28-14-16-4-2-1-3-5-16/h1-13H,14-15H2,(H2,24,26)(H,25,27). The van der Waals surface area contributed by atoms with Crippen LogP contribution in [0.2, 0.25) is 0 Å². The van der Waals surface area contributed by atoms with E-state index in [1.165, 1.54) is 24.3 Å². The summed E-state index contributed by atoms with van der Waals surface area (Å²) < 4.78 is 18.6. The molecule has 0 spiro atoms. The average molecular weight is 393 g/mol. The smallest absolute Gasteiger partial charge is 0.265 e. The van der Waals surface area contributed by atoms with Gasteiger partial charge < -0.3 is 20.6 Å². The molecule has 3 aromatic rings. The number of oxime groups is 1. The highest BCUT2D eigenvalue weighted by atomic mass is 19.1. The number of nitrogens with zero attached hydrogens (tertiary/aromatic N) is 1. The largest absolute Gasteiger partial charge is 0.489 e. The molecule has 3 rings (SSSR count). The second-order valence-electron chi connectivity index (χ2n) is 6.10. The fraction of sp³-hybridized carbons (Fsp3) is 0.0909. The fourth-order valence-electron chi connectivity index (χ4n) is 2.41. The summed E-state index contributed by atoms with van der Waals surface area (Å²) in [7, 11) is 0. The van der Waals surface area contributed by atoms with Crippen LogP contribution in [0.4, 0.5) is 10.1 Å². The van der Waals surface area contributed by atoms with Crippen molar-refractivity contribution < 1.29 is 18.8 Å². The third-order valence-corrected chi connectivity index (χ3v) is 3.88. The van der Waals surface area contributed by atoms with Crippen molar-refractivity contribution in [3.8, 4) is 5.75 Å². The molecular formula is C22H20FN3O3. The number of rotatable bonds is 8. The Morgan fingerprint density at radius 2 is 1.66 bits per heavy atom. The van der Waals surface area contributed by atoms with Crippen molar-refractivity contribution >= 4 is 17.4 Å². The molecule has 0 fully saturated rings. The van der Waals surface area contributed by atoms with Gasteiger partial charge in [-0.25, -0.2) is 4.39 Å². The Kier molecular flexibility index (Phi) is 6.78. The van der Waals surface area contributed by atoms with Crippen LogP contribution in [0.3, 0.4) is 0 Å². The molecule has 0 unspecified atom stereocenters. The Morgan fingerprint density at radius 1 is 0.966 bits per heavy atom. The number of halogens is 1. The van der Waals surface area contributed by atoms with Gasteiger partial charge in [-0.2, -0.15) is 0 Å². The molecule has 3 aromatic carbocycles. The van der Waals surface area contributed by atoms with E-state index in [4.69, 9.17) is 15.3 Å². The number of nitrogens with one attached hydrogen (secondary N) is 1. The van der Waals surface area contributed by atoms with Crippen molar-refractivity contribution in [1.82, 2.24) is 0 Å². The van der Waals surface area contributed by atoms with Crippen LogP contribution in [0.1, 0.15) is 11.1 Å². The maximum absolute atomic E-state index is 12.9. The molecule has 0 saturated heterocycles. The van der Waals surface area contributed by atoms with Crippen molar-refractivity contribution in [2.45, 2.75) is 6.61 Å². The van der Waals surface area contributed by atoms with Gasteiger partial charge >= 0.3 is 0 Å². The van der Waals surface area contributed by atoms with Crippen LogP contribution in [0.5, 0.6) is 5.75 Å². The Bertz CT molecular complexity index is 959. The minimum absolute atomic E-state index is 0.0534. The number of amides is 1. The number of carbonyl (C=O) groups excluding carboxylic acids is 1. The lowest BCUT2D eigenvalue weighted by atomic mass is 10.2. The first kappa shape index (κ1) is 19.9. The second-order valence-corrected chi connectivity index (χ2v) is 6.10. The van der Waals surface area contributed by atoms with E-state index in [-0.39, 0.29) is 18.3 Å². The van der Waals surface area contributed by atoms with Crippen molar-refractivity contribution in [3.63, 3.8) is 0 Å². The number of carbonyl (C=O) groups is 1. The zero-order valence-electron chi connectivity index (χ0n) is 15.5. The summed E-state index contributed by atoms with van der Waals surface area (Å²) in [4.78, 5) is 16.9. The lowest BCUT2D eigenvalue weighted by Gasteiger charge is -2.08. The van der Waals surface area contributed by atoms with Crippen LogP contribution in [0.25, 0.3) is 0 Å². The predicted molar refractivity (Wildman–Crippen MR) is 109 cm³/mol. The predicted octanol–water partition coefficient (Wildman–Crippen LogP) is 3.68. The summed E-state index contributed by atoms with van der Waals surface area (Å²) in [6.07, 6.45) is 0. The van der Waals surface area contributed by atoms with Gasteiger partial charge in [0.15, 0.2) is 12.4 Å². The highest BCUT2D eigenvalue weighted by Crippen LogP contribution is 2.17. The number of ether oxygens (including phenoxy) is 1. The van der Waals surface area contributed by atoms with Crippen molar-refractivity contribution in [1.29, 1.82) is 0 Å². The van der Waals surface area contributed by atoms with Gasteiger partial charge in [-0.15, -0.1) is 0 Å². The summed E-state index contributed by atoms with van der Waals surface area (Å²) >= 11 is 0. The third-order valence-electron chi connectivity index (χ3n) is 3.88. The molecule has 0 saturated carbocycles. The molecule has 0 aliphatic rings. The average Bonchev–Trinajstić information content (AvgIpc) is 2.74. The number of anilines is 1. The zero-order chi connectivity index (χ0) is 20.5. The van der Waals surface area contributed by atoms with Gasteiger partial charge in [0.25, 0.3) is 5.91 Å². The van der Waals surface area contributed by atoms with E-state index in [9.17, 15) is 9.18 Å². The molecule has 0 aliphatic carbocycles. The Balaban J connectivity index is 1.44. The molecular weight excluding hydrogens is 373 g/mol. The highest BCUT2D eigenvalue weighted by molar-refractivity contribution is 5.97. The Morgan fingerprint density at radius 3 is 2.34 bits per heavy atom. The molecule has 7 heteroatoms. The first-order chi connectivity index (χ1) is 14.1. The topological polar surface area (TPSA) is 85.9 Å². The zero-order valence-corrected chi connectivity index (χ0v) is 15.5. The number of nitrogens with two attached hydrogens (primary N) is 1. The van der Waals surface area contributed by atoms with Gasteiger partial charge in [0, 0.05) is 11.3 Å². The van der Waals surface area contributed by atoms with Crippen LogP contribution < -0.4 is 15.8 Å². The molecule has 0 aliphatic heterocycles. The van der Waals surface area contributed by atoms with Crippen LogP contribution in [0.15, 0.2) is 84.0 Å². The molecule has 29 heavy (non-hydrogen) atoms. The summed E-state index contributed by atoms with van der Waals surface area (Å²) in [6.45, 7) is 0.155. The molecule has 6 nitrogen and oxygen atoms in total. The van der Waals surface area contributed by atoms with Crippen molar-refractivity contribution in [3.05, 3.63) is 95.8 Å². The summed E-state index contributed by atoms with van der Waals surface area (Å²) in [5, 5.41) is 6.35. The van der Waals surface area contributed by atoms with Crippen LogP contribution in [0, 0.1) is 5.82 Å². The highest BCUT2D eigenvalue weighted by Gasteiger charge is 2.05. The summed E-state index contributed by atoms with van der Waals surface area (Å²) in [5.74, 6) is -0.0190. The number of amidine groups is 1. The first-order valence-electron chi connectivity index (χ1n) is 8.88. The normalized spacial score (nSPS) is 11.0. The van der Waals surface area contributed by atoms with Crippen molar-refractivity contribution in [2.75, 3.05) is 11.9 Å². The Hall–Kier alpha value is -3.87. The van der Waals surface area contributed by atoms with E-state index in [0.29, 0.717) is 23.6 Å². The molecule has 3 N–H and O–H groups in total. The molecule has 0 bridgehead atoms. The van der Waals surface area contributed by atoms with Gasteiger partial charge in [-0.05, 0) is 54.1 Å². The molecule has 1 amide bonds. The van der Waals surface area contributed by atoms with E-state index in [2.05, 4.69) is 10.5 Å². The number of hydrogen-bond donors (Lipinski definition) is 2. The van der Waals surface area contributed by atoms with Gasteiger partial charge in [-0.3, -0.25) is 4.79 Å². The molecule has 0 heterocycles. The van der Waals surface area contributed by atoms with Gasteiger partial charge in [-0.1, -0.05) is 35.5 Å². The quantitative estimate of drug-likeness (QED) is 0.347. The maximum atomic E-state index is 12.9. The Labute approximate surface area is 167 Å². The van der Waals surface area contributed by atoms with Crippen LogP contribution in [-0.4, -0.2) is 18.3 Å². The minimum atomic E-state index is -0.390. The molecule has 0 radical (unpaired) electrons. The SMILES string of the molecule is N/C(=N\OCC(=O)Nc1ccc(OCc2ccccc2)cc1)c1ccc(F)cc1. The van der Waals surface area contributed by atoms with Gasteiger partial charge in [0.05, 0.1) is 0 Å².